The van der Waals surface area contributed by atoms with Gasteiger partial charge in [-0.3, -0.25) is 19.2 Å². The second kappa shape index (κ2) is 24.0. The van der Waals surface area contributed by atoms with Gasteiger partial charge in [-0.25, -0.2) is 4.98 Å². The van der Waals surface area contributed by atoms with Gasteiger partial charge in [0.05, 0.1) is 22.6 Å². The molecule has 6 rings (SSSR count). The van der Waals surface area contributed by atoms with Crippen LogP contribution >= 0.6 is 11.3 Å². The van der Waals surface area contributed by atoms with E-state index in [1.165, 1.54) is 5.57 Å². The molecule has 1 fully saturated rings. The number of aromatic hydroxyl groups is 1. The molecular weight excluding hydrogens is 859 g/mol. The molecule has 1 saturated heterocycles. The van der Waals surface area contributed by atoms with E-state index >= 15 is 0 Å². The number of allylic oxidation sites excluding steroid dienone is 1. The number of carbonyl (C=O) groups is 4. The number of nitrogens with zero attached hydrogens (tertiary/aromatic N) is 3. The van der Waals surface area contributed by atoms with E-state index in [1.807, 2.05) is 99.9 Å². The molecule has 2 heterocycles. The molecule has 11 nitrogen and oxygen atoms in total. The third-order valence-electron chi connectivity index (χ3n) is 12.4. The SMILES string of the molecule is CC/C(=C(\c1ccc(O)cc1)c1ccc(OCCN(C)C(=O)CCCCCCC(=O)N[C@H](C(=O)N2CCC[C@H]2C(=O)NCc2ccc(-c3scnc3C)cc2)C(C)(C)C)cc1)c1ccccc1. The fourth-order valence-electron chi connectivity index (χ4n) is 8.57. The second-order valence-electron chi connectivity index (χ2n) is 18.5. The van der Waals surface area contributed by atoms with E-state index in [9.17, 15) is 24.3 Å². The Morgan fingerprint density at radius 3 is 2.15 bits per heavy atom. The number of carbonyl (C=O) groups excluding carboxylic acids is 4. The summed E-state index contributed by atoms with van der Waals surface area (Å²) in [6.07, 6.45) is 5.76. The lowest BCUT2D eigenvalue weighted by Gasteiger charge is -2.35. The van der Waals surface area contributed by atoms with Crippen LogP contribution in [0.1, 0.15) is 113 Å². The topological polar surface area (TPSA) is 141 Å². The van der Waals surface area contributed by atoms with Gasteiger partial charge in [0.1, 0.15) is 30.2 Å². The van der Waals surface area contributed by atoms with Crippen LogP contribution in [0.15, 0.2) is 109 Å². The first-order valence-electron chi connectivity index (χ1n) is 23.7. The summed E-state index contributed by atoms with van der Waals surface area (Å²) in [7, 11) is 1.79. The first kappa shape index (κ1) is 50.1. The molecule has 2 atom stereocenters. The summed E-state index contributed by atoms with van der Waals surface area (Å²) in [5.74, 6) is 0.378. The predicted octanol–water partition coefficient (Wildman–Crippen LogP) is 10.2. The first-order chi connectivity index (χ1) is 32.2. The number of likely N-dealkylation sites (N-methyl/N-ethyl adjacent to an activating group) is 1. The number of hydrogen-bond donors (Lipinski definition) is 3. The number of ether oxygens (including phenoxy) is 1. The number of phenolic OH excluding ortho intramolecular Hbond substituents is 1. The van der Waals surface area contributed by atoms with Crippen LogP contribution in [0, 0.1) is 12.3 Å². The zero-order chi connectivity index (χ0) is 47.9. The molecule has 67 heavy (non-hydrogen) atoms. The van der Waals surface area contributed by atoms with E-state index < -0.39 is 17.5 Å². The molecule has 5 aromatic rings. The largest absolute Gasteiger partial charge is 0.508 e. The van der Waals surface area contributed by atoms with Crippen LogP contribution in [0.5, 0.6) is 11.5 Å². The van der Waals surface area contributed by atoms with Gasteiger partial charge in [0, 0.05) is 33.0 Å². The van der Waals surface area contributed by atoms with Crippen LogP contribution in [-0.2, 0) is 25.7 Å². The van der Waals surface area contributed by atoms with Gasteiger partial charge < -0.3 is 30.3 Å². The quantitative estimate of drug-likeness (QED) is 0.0492. The number of hydrogen-bond acceptors (Lipinski definition) is 8. The van der Waals surface area contributed by atoms with Crippen LogP contribution in [-0.4, -0.2) is 82.3 Å². The molecule has 0 unspecified atom stereocenters. The fraction of sp³-hybridized carbons (Fsp3) is 0.400. The Morgan fingerprint density at radius 1 is 0.866 bits per heavy atom. The molecule has 4 aromatic carbocycles. The van der Waals surface area contributed by atoms with Crippen molar-refractivity contribution in [1.82, 2.24) is 25.4 Å². The maximum absolute atomic E-state index is 14.0. The second-order valence-corrected chi connectivity index (χ2v) is 19.3. The maximum Gasteiger partial charge on any atom is 0.246 e. The standard InChI is InChI=1S/C55H67N5O6S/c1-7-46(40-16-11-10-12-17-40)50(41-25-29-44(61)30-26-41)42-27-31-45(32-28-42)66-35-34-59(6)49(63)20-14-9-8-13-19-48(62)58-52(55(3,4)5)54(65)60-33-15-18-47(60)53(64)56-36-39-21-23-43(24-22-39)51-38(2)57-37-67-51/h10-12,16-17,21-32,37,47,52,61H,7-9,13-15,18-20,33-36H2,1-6H3,(H,56,64)(H,58,62)/b50-46-/t47-,52+/m0/s1. The zero-order valence-corrected chi connectivity index (χ0v) is 40.8. The van der Waals surface area contributed by atoms with Crippen molar-refractivity contribution in [3.63, 3.8) is 0 Å². The number of nitrogens with one attached hydrogen (secondary N) is 2. The zero-order valence-electron chi connectivity index (χ0n) is 40.0. The number of aryl methyl sites for hydroxylation is 1. The molecule has 1 aliphatic rings. The lowest BCUT2D eigenvalue weighted by Crippen LogP contribution is -2.57. The normalized spacial score (nSPS) is 14.5. The lowest BCUT2D eigenvalue weighted by molar-refractivity contribution is -0.143. The van der Waals surface area contributed by atoms with E-state index in [1.54, 1.807) is 40.3 Å². The summed E-state index contributed by atoms with van der Waals surface area (Å²) in [5, 5.41) is 16.0. The molecule has 0 saturated carbocycles. The van der Waals surface area contributed by atoms with Crippen molar-refractivity contribution >= 4 is 46.1 Å². The Bertz CT molecular complexity index is 2440. The Balaban J connectivity index is 0.894. The van der Waals surface area contributed by atoms with Crippen molar-refractivity contribution in [3.8, 4) is 21.9 Å². The van der Waals surface area contributed by atoms with Gasteiger partial charge in [-0.15, -0.1) is 11.3 Å². The van der Waals surface area contributed by atoms with E-state index in [0.717, 1.165) is 75.4 Å². The molecule has 4 amide bonds. The van der Waals surface area contributed by atoms with Gasteiger partial charge in [-0.05, 0) is 108 Å². The third-order valence-corrected chi connectivity index (χ3v) is 13.4. The molecule has 1 aliphatic heterocycles. The van der Waals surface area contributed by atoms with Gasteiger partial charge in [-0.2, -0.15) is 0 Å². The van der Waals surface area contributed by atoms with Gasteiger partial charge >= 0.3 is 0 Å². The molecule has 12 heteroatoms. The van der Waals surface area contributed by atoms with Gasteiger partial charge in [-0.1, -0.05) is 119 Å². The number of rotatable bonds is 21. The monoisotopic (exact) mass is 925 g/mol. The summed E-state index contributed by atoms with van der Waals surface area (Å²) >= 11 is 1.60. The van der Waals surface area contributed by atoms with Crippen LogP contribution in [0.3, 0.4) is 0 Å². The van der Waals surface area contributed by atoms with E-state index in [-0.39, 0.29) is 35.8 Å². The van der Waals surface area contributed by atoms with E-state index in [4.69, 9.17) is 4.74 Å². The van der Waals surface area contributed by atoms with Crippen LogP contribution in [0.4, 0.5) is 0 Å². The minimum Gasteiger partial charge on any atom is -0.508 e. The summed E-state index contributed by atoms with van der Waals surface area (Å²) in [5.41, 5.74) is 9.84. The average Bonchev–Trinajstić information content (AvgIpc) is 4.00. The summed E-state index contributed by atoms with van der Waals surface area (Å²) < 4.78 is 6.06. The van der Waals surface area contributed by atoms with Gasteiger partial charge in [0.25, 0.3) is 0 Å². The Hall–Kier alpha value is -6.27. The molecule has 0 spiro atoms. The number of benzene rings is 4. The maximum atomic E-state index is 14.0. The van der Waals surface area contributed by atoms with Crippen molar-refractivity contribution in [3.05, 3.63) is 137 Å². The van der Waals surface area contributed by atoms with Crippen molar-refractivity contribution in [1.29, 1.82) is 0 Å². The number of phenols is 1. The Kier molecular flexibility index (Phi) is 17.9. The minimum absolute atomic E-state index is 0.0466. The smallest absolute Gasteiger partial charge is 0.246 e. The number of aromatic nitrogens is 1. The van der Waals surface area contributed by atoms with Crippen LogP contribution in [0.2, 0.25) is 0 Å². The molecule has 1 aromatic heterocycles. The number of amides is 4. The molecular formula is C55H67N5O6S. The highest BCUT2D eigenvalue weighted by atomic mass is 32.1. The molecule has 0 radical (unpaired) electrons. The predicted molar refractivity (Wildman–Crippen MR) is 268 cm³/mol. The van der Waals surface area contributed by atoms with Crippen molar-refractivity contribution in [2.45, 2.75) is 111 Å². The summed E-state index contributed by atoms with van der Waals surface area (Å²) in [4.78, 5) is 62.4. The van der Waals surface area contributed by atoms with Crippen LogP contribution in [0.25, 0.3) is 21.6 Å². The molecule has 3 N–H and O–H groups in total. The molecule has 0 bridgehead atoms. The summed E-state index contributed by atoms with van der Waals surface area (Å²) in [6, 6.07) is 32.4. The highest BCUT2D eigenvalue weighted by Crippen LogP contribution is 2.36. The highest BCUT2D eigenvalue weighted by molar-refractivity contribution is 7.13. The highest BCUT2D eigenvalue weighted by Gasteiger charge is 2.41. The minimum atomic E-state index is -0.770. The van der Waals surface area contributed by atoms with E-state index in [0.29, 0.717) is 51.9 Å². The average molecular weight is 926 g/mol. The van der Waals surface area contributed by atoms with Crippen LogP contribution < -0.4 is 15.4 Å². The third kappa shape index (κ3) is 13.9. The molecule has 0 aliphatic carbocycles. The molecule has 354 valence electrons. The van der Waals surface area contributed by atoms with Crippen molar-refractivity contribution in [2.75, 3.05) is 26.7 Å². The van der Waals surface area contributed by atoms with Gasteiger partial charge in [0.15, 0.2) is 0 Å². The van der Waals surface area contributed by atoms with Crippen molar-refractivity contribution in [2.24, 2.45) is 5.41 Å². The van der Waals surface area contributed by atoms with Crippen molar-refractivity contribution < 1.29 is 29.0 Å². The number of thiazole rings is 1. The first-order valence-corrected chi connectivity index (χ1v) is 24.5. The number of unbranched alkanes of at least 4 members (excludes halogenated alkanes) is 3. The number of likely N-dealkylation sites (tertiary alicyclic amines) is 1. The van der Waals surface area contributed by atoms with E-state index in [2.05, 4.69) is 46.8 Å². The lowest BCUT2D eigenvalue weighted by atomic mass is 9.85. The Morgan fingerprint density at radius 2 is 1.52 bits per heavy atom. The van der Waals surface area contributed by atoms with Gasteiger partial charge in [0.2, 0.25) is 23.6 Å². The Labute approximate surface area is 400 Å². The fourth-order valence-corrected chi connectivity index (χ4v) is 9.38. The summed E-state index contributed by atoms with van der Waals surface area (Å²) in [6.45, 7) is 11.6.